The van der Waals surface area contributed by atoms with Gasteiger partial charge in [-0.25, -0.2) is 5.43 Å². The van der Waals surface area contributed by atoms with Gasteiger partial charge in [-0.2, -0.15) is 5.10 Å². The minimum absolute atomic E-state index is 0.251. The number of benzene rings is 4. The zero-order valence-corrected chi connectivity index (χ0v) is 15.8. The van der Waals surface area contributed by atoms with E-state index in [0.29, 0.717) is 12.2 Å². The Bertz CT molecular complexity index is 1140. The molecule has 0 aromatic heterocycles. The molecule has 0 saturated carbocycles. The fourth-order valence-corrected chi connectivity index (χ4v) is 2.95. The van der Waals surface area contributed by atoms with Crippen molar-refractivity contribution in [3.63, 3.8) is 0 Å². The van der Waals surface area contributed by atoms with Gasteiger partial charge in [-0.3, -0.25) is 4.79 Å². The number of fused-ring (bicyclic) bond motifs is 1. The standard InChI is InChI=1S/C25H20N2O2/c28-25(27-26-17-19-6-2-1-3-7-19)22-12-10-20(11-13-22)18-29-24-15-14-21-8-4-5-9-23(21)16-24/h1-17H,18H2,(H,27,28)/b26-17-. The number of carbonyl (C=O) groups is 1. The van der Waals surface area contributed by atoms with E-state index < -0.39 is 0 Å². The summed E-state index contributed by atoms with van der Waals surface area (Å²) in [6.45, 7) is 0.437. The van der Waals surface area contributed by atoms with Crippen molar-refractivity contribution in [1.29, 1.82) is 0 Å². The molecule has 4 aromatic rings. The van der Waals surface area contributed by atoms with Crippen LogP contribution in [0.25, 0.3) is 10.8 Å². The SMILES string of the molecule is O=C(N/N=C\c1ccccc1)c1ccc(COc2ccc3ccccc3c2)cc1. The number of hydrogen-bond acceptors (Lipinski definition) is 3. The van der Waals surface area contributed by atoms with Crippen LogP contribution in [-0.4, -0.2) is 12.1 Å². The van der Waals surface area contributed by atoms with Crippen LogP contribution in [0.3, 0.4) is 0 Å². The molecule has 142 valence electrons. The van der Waals surface area contributed by atoms with Crippen molar-refractivity contribution in [3.8, 4) is 5.75 Å². The van der Waals surface area contributed by atoms with Gasteiger partial charge in [0.25, 0.3) is 5.91 Å². The van der Waals surface area contributed by atoms with Gasteiger partial charge >= 0.3 is 0 Å². The summed E-state index contributed by atoms with van der Waals surface area (Å²) in [4.78, 5) is 12.2. The van der Waals surface area contributed by atoms with Crippen LogP contribution < -0.4 is 10.2 Å². The van der Waals surface area contributed by atoms with Gasteiger partial charge in [0, 0.05) is 5.56 Å². The molecule has 0 radical (unpaired) electrons. The first-order valence-electron chi connectivity index (χ1n) is 9.37. The molecule has 1 N–H and O–H groups in total. The summed E-state index contributed by atoms with van der Waals surface area (Å²) >= 11 is 0. The van der Waals surface area contributed by atoms with Gasteiger partial charge in [-0.05, 0) is 46.2 Å². The van der Waals surface area contributed by atoms with E-state index in [1.807, 2.05) is 72.8 Å². The van der Waals surface area contributed by atoms with Gasteiger partial charge in [0.15, 0.2) is 0 Å². The first-order valence-corrected chi connectivity index (χ1v) is 9.37. The number of nitrogens with zero attached hydrogens (tertiary/aromatic N) is 1. The van der Waals surface area contributed by atoms with Crippen LogP contribution >= 0.6 is 0 Å². The van der Waals surface area contributed by atoms with E-state index in [4.69, 9.17) is 4.74 Å². The Morgan fingerprint density at radius 1 is 0.828 bits per heavy atom. The highest BCUT2D eigenvalue weighted by atomic mass is 16.5. The predicted molar refractivity (Wildman–Crippen MR) is 116 cm³/mol. The van der Waals surface area contributed by atoms with E-state index in [1.54, 1.807) is 18.3 Å². The highest BCUT2D eigenvalue weighted by molar-refractivity contribution is 5.94. The second-order valence-corrected chi connectivity index (χ2v) is 6.60. The van der Waals surface area contributed by atoms with Crippen LogP contribution in [0.5, 0.6) is 5.75 Å². The monoisotopic (exact) mass is 380 g/mol. The zero-order chi connectivity index (χ0) is 19.9. The summed E-state index contributed by atoms with van der Waals surface area (Å²) in [5.74, 6) is 0.569. The molecule has 0 unspecified atom stereocenters. The largest absolute Gasteiger partial charge is 0.489 e. The number of carbonyl (C=O) groups excluding carboxylic acids is 1. The lowest BCUT2D eigenvalue weighted by molar-refractivity contribution is 0.0955. The molecule has 0 heterocycles. The zero-order valence-electron chi connectivity index (χ0n) is 15.8. The Morgan fingerprint density at radius 3 is 2.34 bits per heavy atom. The van der Waals surface area contributed by atoms with E-state index in [1.165, 1.54) is 5.39 Å². The van der Waals surface area contributed by atoms with Crippen LogP contribution in [0.15, 0.2) is 102 Å². The molecule has 4 heteroatoms. The molecule has 4 aromatic carbocycles. The maximum Gasteiger partial charge on any atom is 0.271 e. The first-order chi connectivity index (χ1) is 14.3. The number of hydrazone groups is 1. The molecule has 0 atom stereocenters. The number of nitrogens with one attached hydrogen (secondary N) is 1. The highest BCUT2D eigenvalue weighted by Crippen LogP contribution is 2.21. The maximum absolute atomic E-state index is 12.2. The lowest BCUT2D eigenvalue weighted by atomic mass is 10.1. The Hall–Kier alpha value is -3.92. The van der Waals surface area contributed by atoms with Gasteiger partial charge in [-0.15, -0.1) is 0 Å². The number of amides is 1. The summed E-state index contributed by atoms with van der Waals surface area (Å²) in [5.41, 5.74) is 5.00. The van der Waals surface area contributed by atoms with Crippen molar-refractivity contribution in [2.24, 2.45) is 5.10 Å². The Morgan fingerprint density at radius 2 is 1.55 bits per heavy atom. The van der Waals surface area contributed by atoms with E-state index in [9.17, 15) is 4.79 Å². The third kappa shape index (κ3) is 4.87. The summed E-state index contributed by atoms with van der Waals surface area (Å²) in [6, 6.07) is 31.1. The second kappa shape index (κ2) is 8.85. The number of hydrogen-bond donors (Lipinski definition) is 1. The Balaban J connectivity index is 1.33. The van der Waals surface area contributed by atoms with Crippen LogP contribution in [0.1, 0.15) is 21.5 Å². The van der Waals surface area contributed by atoms with E-state index in [2.05, 4.69) is 22.7 Å². The van der Waals surface area contributed by atoms with E-state index in [-0.39, 0.29) is 5.91 Å². The van der Waals surface area contributed by atoms with Crippen LogP contribution in [0, 0.1) is 0 Å². The van der Waals surface area contributed by atoms with Crippen LogP contribution in [-0.2, 0) is 6.61 Å². The van der Waals surface area contributed by atoms with E-state index >= 15 is 0 Å². The van der Waals surface area contributed by atoms with Crippen molar-refractivity contribution in [3.05, 3.63) is 114 Å². The fourth-order valence-electron chi connectivity index (χ4n) is 2.95. The second-order valence-electron chi connectivity index (χ2n) is 6.60. The topological polar surface area (TPSA) is 50.7 Å². The van der Waals surface area contributed by atoms with Crippen molar-refractivity contribution in [2.75, 3.05) is 0 Å². The summed E-state index contributed by atoms with van der Waals surface area (Å²) < 4.78 is 5.89. The highest BCUT2D eigenvalue weighted by Gasteiger charge is 2.05. The van der Waals surface area contributed by atoms with Gasteiger partial charge in [-0.1, -0.05) is 72.8 Å². The average molecular weight is 380 g/mol. The molecule has 0 aliphatic carbocycles. The molecule has 0 aliphatic heterocycles. The molecule has 0 spiro atoms. The van der Waals surface area contributed by atoms with Gasteiger partial charge in [0.1, 0.15) is 12.4 Å². The molecule has 1 amide bonds. The third-order valence-electron chi connectivity index (χ3n) is 4.52. The van der Waals surface area contributed by atoms with Gasteiger partial charge in [0.05, 0.1) is 6.21 Å². The number of ether oxygens (including phenoxy) is 1. The molecule has 0 saturated heterocycles. The molecular formula is C25H20N2O2. The quantitative estimate of drug-likeness (QED) is 0.370. The fraction of sp³-hybridized carbons (Fsp3) is 0.0400. The molecule has 0 bridgehead atoms. The Labute approximate surface area is 169 Å². The molecule has 4 nitrogen and oxygen atoms in total. The average Bonchev–Trinajstić information content (AvgIpc) is 2.78. The molecular weight excluding hydrogens is 360 g/mol. The van der Waals surface area contributed by atoms with Crippen LogP contribution in [0.4, 0.5) is 0 Å². The number of rotatable bonds is 6. The molecule has 0 fully saturated rings. The smallest absolute Gasteiger partial charge is 0.271 e. The van der Waals surface area contributed by atoms with E-state index in [0.717, 1.165) is 22.3 Å². The molecule has 29 heavy (non-hydrogen) atoms. The van der Waals surface area contributed by atoms with Crippen molar-refractivity contribution in [2.45, 2.75) is 6.61 Å². The minimum atomic E-state index is -0.251. The van der Waals surface area contributed by atoms with Gasteiger partial charge in [0.2, 0.25) is 0 Å². The lowest BCUT2D eigenvalue weighted by Gasteiger charge is -2.08. The molecule has 0 aliphatic rings. The van der Waals surface area contributed by atoms with Crippen molar-refractivity contribution in [1.82, 2.24) is 5.43 Å². The molecule has 4 rings (SSSR count). The summed E-state index contributed by atoms with van der Waals surface area (Å²) in [7, 11) is 0. The third-order valence-corrected chi connectivity index (χ3v) is 4.52. The van der Waals surface area contributed by atoms with Gasteiger partial charge < -0.3 is 4.74 Å². The van der Waals surface area contributed by atoms with Crippen molar-refractivity contribution >= 4 is 22.9 Å². The normalized spacial score (nSPS) is 10.9. The lowest BCUT2D eigenvalue weighted by Crippen LogP contribution is -2.17. The predicted octanol–water partition coefficient (Wildman–Crippen LogP) is 5.18. The Kier molecular flexibility index (Phi) is 5.63. The minimum Gasteiger partial charge on any atom is -0.489 e. The van der Waals surface area contributed by atoms with Crippen LogP contribution in [0.2, 0.25) is 0 Å². The summed E-state index contributed by atoms with van der Waals surface area (Å²) in [6.07, 6.45) is 1.61. The summed E-state index contributed by atoms with van der Waals surface area (Å²) in [5, 5.41) is 6.32. The maximum atomic E-state index is 12.2. The van der Waals surface area contributed by atoms with Crippen molar-refractivity contribution < 1.29 is 9.53 Å². The first kappa shape index (κ1) is 18.4.